The molecule has 2 aromatic heterocycles. The molecular weight excluding hydrogens is 1060 g/mol. The van der Waals surface area contributed by atoms with E-state index < -0.39 is 247 Å². The van der Waals surface area contributed by atoms with E-state index in [0.717, 1.165) is 0 Å². The molecule has 1 fully saturated rings. The fourth-order valence-electron chi connectivity index (χ4n) is 9.40. The third-order valence-corrected chi connectivity index (χ3v) is 13.0. The van der Waals surface area contributed by atoms with Crippen molar-refractivity contribution >= 4 is 56.6 Å². The van der Waals surface area contributed by atoms with Gasteiger partial charge in [0.25, 0.3) is 0 Å². The molecule has 5 atom stereocenters. The third-order valence-electron chi connectivity index (χ3n) is 13.0. The van der Waals surface area contributed by atoms with Crippen molar-refractivity contribution in [2.75, 3.05) is 6.61 Å². The Bertz CT molecular complexity index is 4210. The minimum atomic E-state index is -2.67. The van der Waals surface area contributed by atoms with E-state index in [0.29, 0.717) is 30.3 Å². The second-order valence-electron chi connectivity index (χ2n) is 17.3. The van der Waals surface area contributed by atoms with Gasteiger partial charge in [0.05, 0.1) is 27.5 Å². The summed E-state index contributed by atoms with van der Waals surface area (Å²) in [7, 11) is 0. The summed E-state index contributed by atoms with van der Waals surface area (Å²) >= 11 is 0. The molecule has 0 unspecified atom stereocenters. The highest BCUT2D eigenvalue weighted by Crippen LogP contribution is 2.57. The molecule has 2 bridgehead atoms. The Labute approximate surface area is 424 Å². The Morgan fingerprint density at radius 3 is 1.37 bits per heavy atom. The minimum Gasteiger partial charge on any atom is -0.504 e. The second-order valence-corrected chi connectivity index (χ2v) is 17.3. The van der Waals surface area contributed by atoms with Gasteiger partial charge in [0.1, 0.15) is 18.3 Å². The van der Waals surface area contributed by atoms with Crippen LogP contribution in [0.25, 0.3) is 55.0 Å². The van der Waals surface area contributed by atoms with Gasteiger partial charge in [0.2, 0.25) is 40.2 Å². The maximum atomic E-state index is 15.0. The Kier molecular flexibility index (Phi) is 10.5. The van der Waals surface area contributed by atoms with E-state index in [1.807, 2.05) is 0 Å². The van der Waals surface area contributed by atoms with E-state index in [4.69, 9.17) is 37.3 Å². The SMILES string of the molecule is O=C1OC[C@H]2O[C@@H](O)[C@@H]3OC(=O)c4cc(O)c(O)c(O)c4-c4c(cc(O)c(O)c4O)C(=O)O[C@H]3[C@H]2OC(=O)c2cc(O)c(O)c(O)c2-c2c(O)c(O)c3oc(=O)c4cc(O)c(c5oc(=O)c2c3c54)Oc2c1cc(O)c(O)c2O. The van der Waals surface area contributed by atoms with Crippen LogP contribution in [-0.2, 0) is 23.7 Å². The van der Waals surface area contributed by atoms with Crippen LogP contribution in [0.2, 0.25) is 0 Å². The number of phenolic OH excluding ortho intramolecular Hbond substituents is 15. The van der Waals surface area contributed by atoms with Crippen molar-refractivity contribution in [1.82, 2.24) is 0 Å². The zero-order valence-corrected chi connectivity index (χ0v) is 37.9. The number of ether oxygens (including phenoxy) is 6. The number of rotatable bonds is 0. The van der Waals surface area contributed by atoms with Gasteiger partial charge < -0.3 is 119 Å². The third kappa shape index (κ3) is 6.76. The first-order valence-corrected chi connectivity index (χ1v) is 21.7. The van der Waals surface area contributed by atoms with Crippen molar-refractivity contribution < 1.29 is 138 Å². The number of aromatic hydroxyl groups is 15. The Balaban J connectivity index is 1.20. The summed E-state index contributed by atoms with van der Waals surface area (Å²) in [5.41, 5.74) is -14.5. The number of hydrogen-bond acceptors (Lipinski definition) is 30. The van der Waals surface area contributed by atoms with Crippen LogP contribution in [0, 0.1) is 0 Å². The van der Waals surface area contributed by atoms with E-state index in [2.05, 4.69) is 0 Å². The van der Waals surface area contributed by atoms with Crippen molar-refractivity contribution in [1.29, 1.82) is 0 Å². The molecule has 78 heavy (non-hydrogen) atoms. The number of fused-ring (bicyclic) bond motifs is 10. The van der Waals surface area contributed by atoms with Crippen LogP contribution in [0.15, 0.2) is 48.8 Å². The molecule has 30 heteroatoms. The minimum absolute atomic E-state index is 0.320. The number of aliphatic hydroxyl groups excluding tert-OH is 1. The van der Waals surface area contributed by atoms with Crippen molar-refractivity contribution in [3.05, 3.63) is 73.4 Å². The van der Waals surface area contributed by atoms with Gasteiger partial charge in [0.15, 0.2) is 93.3 Å². The van der Waals surface area contributed by atoms with E-state index in [9.17, 15) is 110 Å². The Morgan fingerprint density at radius 2 is 0.833 bits per heavy atom. The highest BCUT2D eigenvalue weighted by molar-refractivity contribution is 6.26. The number of carbonyl (C=O) groups excluding carboxylic acids is 4. The lowest BCUT2D eigenvalue weighted by molar-refractivity contribution is -0.284. The molecule has 8 aromatic rings. The van der Waals surface area contributed by atoms with Crippen LogP contribution >= 0.6 is 0 Å². The Morgan fingerprint density at radius 1 is 0.385 bits per heavy atom. The van der Waals surface area contributed by atoms with E-state index in [1.54, 1.807) is 0 Å². The molecule has 400 valence electrons. The summed E-state index contributed by atoms with van der Waals surface area (Å²) in [5, 5.41) is 173. The molecule has 0 radical (unpaired) electrons. The van der Waals surface area contributed by atoms with Gasteiger partial charge in [-0.15, -0.1) is 0 Å². The van der Waals surface area contributed by atoms with Crippen molar-refractivity contribution in [2.24, 2.45) is 0 Å². The molecule has 6 aromatic carbocycles. The highest BCUT2D eigenvalue weighted by atomic mass is 16.7. The predicted molar refractivity (Wildman–Crippen MR) is 245 cm³/mol. The molecule has 0 aliphatic carbocycles. The fourth-order valence-corrected chi connectivity index (χ4v) is 9.40. The maximum absolute atomic E-state index is 15.0. The maximum Gasteiger partial charge on any atom is 0.345 e. The quantitative estimate of drug-likeness (QED) is 0.0341. The number of phenols is 15. The first kappa shape index (κ1) is 49.1. The first-order chi connectivity index (χ1) is 36.8. The van der Waals surface area contributed by atoms with E-state index in [-0.39, 0.29) is 0 Å². The molecule has 0 spiro atoms. The summed E-state index contributed by atoms with van der Waals surface area (Å²) in [5.74, 6) is -31.0. The molecule has 11 rings (SSSR count). The molecule has 3 aliphatic rings. The van der Waals surface area contributed by atoms with Gasteiger partial charge in [-0.05, 0) is 24.3 Å². The first-order valence-electron chi connectivity index (χ1n) is 21.7. The summed E-state index contributed by atoms with van der Waals surface area (Å²) in [6.07, 6.45) is -12.8. The molecule has 0 amide bonds. The van der Waals surface area contributed by atoms with Gasteiger partial charge in [0, 0.05) is 39.1 Å². The van der Waals surface area contributed by atoms with Crippen LogP contribution in [0.1, 0.15) is 41.4 Å². The average Bonchev–Trinajstić information content (AvgIpc) is 3.22. The standard InChI is InChI=1S/C48H28O30/c49-12-1-7-18(29(58)25(12)54)19-8(2-13(50)26(55)30(19)59)45(67)78-41-40(77-44(7)66)37-17(72-48(41)70)6-71-42(64)11-5-15(52)28(57)33(62)35(11)73-36-16(53)4-10-21-23-24(47(69)76-39(21)36)22(32(61)34(63)38(23)75-46(10)68)20-9(43(65)74-37)3-14(51)27(56)31(20)60/h1-5,17,37,40-41,48-63,70H,6H2/t17-,37+,40+,41-,48-/m1/s1. The number of aliphatic hydroxyl groups is 1. The number of benzene rings is 6. The summed E-state index contributed by atoms with van der Waals surface area (Å²) in [6, 6.07) is 2.12. The lowest BCUT2D eigenvalue weighted by Gasteiger charge is -2.43. The summed E-state index contributed by atoms with van der Waals surface area (Å²) in [4.78, 5) is 85.9. The molecule has 1 saturated heterocycles. The number of hydrogen-bond donors (Lipinski definition) is 16. The molecule has 30 nitrogen and oxygen atoms in total. The van der Waals surface area contributed by atoms with Crippen LogP contribution < -0.4 is 16.0 Å². The molecule has 0 saturated carbocycles. The predicted octanol–water partition coefficient (Wildman–Crippen LogP) is 2.38. The zero-order valence-electron chi connectivity index (χ0n) is 37.9. The summed E-state index contributed by atoms with van der Waals surface area (Å²) in [6.45, 7) is -1.40. The number of cyclic esters (lactones) is 1. The number of carbonyl (C=O) groups is 4. The second kappa shape index (κ2) is 16.7. The molecule has 16 N–H and O–H groups in total. The normalized spacial score (nSPS) is 19.3. The fraction of sp³-hybridized carbons (Fsp3) is 0.125. The molecule has 3 aliphatic heterocycles. The van der Waals surface area contributed by atoms with Crippen molar-refractivity contribution in [2.45, 2.75) is 30.7 Å². The van der Waals surface area contributed by atoms with Crippen LogP contribution in [-0.4, -0.2) is 143 Å². The monoisotopic (exact) mass is 1080 g/mol. The summed E-state index contributed by atoms with van der Waals surface area (Å²) < 4.78 is 44.4. The largest absolute Gasteiger partial charge is 0.504 e. The average molecular weight is 1080 g/mol. The number of esters is 4. The van der Waals surface area contributed by atoms with E-state index >= 15 is 0 Å². The topological polar surface area (TPSA) is 508 Å². The highest BCUT2D eigenvalue weighted by Gasteiger charge is 2.54. The van der Waals surface area contributed by atoms with Gasteiger partial charge >= 0.3 is 35.1 Å². The lowest BCUT2D eigenvalue weighted by atomic mass is 9.90. The van der Waals surface area contributed by atoms with Crippen molar-refractivity contribution in [3.8, 4) is 120 Å². The smallest absolute Gasteiger partial charge is 0.345 e. The van der Waals surface area contributed by atoms with E-state index in [1.165, 1.54) is 0 Å². The van der Waals surface area contributed by atoms with Crippen LogP contribution in [0.3, 0.4) is 0 Å². The van der Waals surface area contributed by atoms with Gasteiger partial charge in [-0.3, -0.25) is 0 Å². The Hall–Kier alpha value is -11.1. The van der Waals surface area contributed by atoms with Crippen molar-refractivity contribution in [3.63, 3.8) is 0 Å². The lowest BCUT2D eigenvalue weighted by Crippen LogP contribution is -2.62. The van der Waals surface area contributed by atoms with Gasteiger partial charge in [-0.2, -0.15) is 0 Å². The zero-order chi connectivity index (χ0) is 56.1. The van der Waals surface area contributed by atoms with Gasteiger partial charge in [-0.1, -0.05) is 0 Å². The molecule has 5 heterocycles. The van der Waals surface area contributed by atoms with Gasteiger partial charge in [-0.25, -0.2) is 28.8 Å². The van der Waals surface area contributed by atoms with Crippen LogP contribution in [0.5, 0.6) is 97.7 Å². The van der Waals surface area contributed by atoms with Crippen LogP contribution in [0.4, 0.5) is 0 Å². The molecular formula is C48H28O30.